The second-order valence-electron chi connectivity index (χ2n) is 6.85. The number of carbonyl (C=O) groups excluding carboxylic acids is 1. The molecule has 0 unspecified atom stereocenters. The molecule has 1 aliphatic rings. The van der Waals surface area contributed by atoms with Gasteiger partial charge in [0, 0.05) is 25.9 Å². The Hall–Kier alpha value is -2.37. The topological polar surface area (TPSA) is 71.0 Å². The van der Waals surface area contributed by atoms with Crippen LogP contribution in [-0.4, -0.2) is 38.7 Å². The van der Waals surface area contributed by atoms with Crippen molar-refractivity contribution in [3.8, 4) is 5.69 Å². The van der Waals surface area contributed by atoms with Crippen LogP contribution in [0.3, 0.4) is 0 Å². The first-order valence-electron chi connectivity index (χ1n) is 9.10. The lowest BCUT2D eigenvalue weighted by molar-refractivity contribution is -0.132. The number of aryl methyl sites for hydroxylation is 1. The fourth-order valence-electron chi connectivity index (χ4n) is 3.55. The largest absolute Gasteiger partial charge is 0.347 e. The molecular formula is C19H26N4O2. The van der Waals surface area contributed by atoms with Crippen molar-refractivity contribution in [1.82, 2.24) is 19.7 Å². The van der Waals surface area contributed by atoms with Gasteiger partial charge in [0.05, 0.1) is 5.69 Å². The molecule has 1 N–H and O–H groups in total. The van der Waals surface area contributed by atoms with Gasteiger partial charge in [-0.25, -0.2) is 14.5 Å². The van der Waals surface area contributed by atoms with Gasteiger partial charge in [0.25, 0.3) is 0 Å². The van der Waals surface area contributed by atoms with Crippen LogP contribution in [0.2, 0.25) is 0 Å². The lowest BCUT2D eigenvalue weighted by atomic mass is 9.93. The Morgan fingerprint density at radius 3 is 2.68 bits per heavy atom. The monoisotopic (exact) mass is 342 g/mol. The van der Waals surface area contributed by atoms with Crippen LogP contribution in [0.15, 0.2) is 29.1 Å². The molecule has 1 amide bonds. The smallest absolute Gasteiger partial charge is 0.343 e. The highest BCUT2D eigenvalue weighted by molar-refractivity contribution is 5.76. The van der Waals surface area contributed by atoms with E-state index in [1.807, 2.05) is 43.0 Å². The van der Waals surface area contributed by atoms with E-state index >= 15 is 0 Å². The van der Waals surface area contributed by atoms with Crippen molar-refractivity contribution in [2.24, 2.45) is 5.92 Å². The van der Waals surface area contributed by atoms with E-state index in [1.165, 1.54) is 0 Å². The average Bonchev–Trinajstić information content (AvgIpc) is 2.96. The molecule has 6 nitrogen and oxygen atoms in total. The van der Waals surface area contributed by atoms with Gasteiger partial charge < -0.3 is 4.90 Å². The van der Waals surface area contributed by atoms with Crippen LogP contribution in [0.25, 0.3) is 5.69 Å². The first kappa shape index (κ1) is 17.5. The van der Waals surface area contributed by atoms with Gasteiger partial charge in [-0.2, -0.15) is 5.10 Å². The first-order valence-corrected chi connectivity index (χ1v) is 9.10. The summed E-state index contributed by atoms with van der Waals surface area (Å²) in [5.41, 5.74) is 1.74. The maximum atomic E-state index is 12.2. The van der Waals surface area contributed by atoms with Crippen molar-refractivity contribution in [3.05, 3.63) is 46.1 Å². The molecular weight excluding hydrogens is 316 g/mol. The van der Waals surface area contributed by atoms with Gasteiger partial charge in [0.15, 0.2) is 0 Å². The number of aromatic nitrogens is 3. The van der Waals surface area contributed by atoms with Gasteiger partial charge in [-0.1, -0.05) is 25.1 Å². The normalized spacial score (nSPS) is 15.5. The zero-order valence-electron chi connectivity index (χ0n) is 15.0. The van der Waals surface area contributed by atoms with Crippen molar-refractivity contribution < 1.29 is 4.79 Å². The summed E-state index contributed by atoms with van der Waals surface area (Å²) in [6, 6.07) is 7.84. The molecule has 0 aliphatic carbocycles. The predicted octanol–water partition coefficient (Wildman–Crippen LogP) is 2.45. The number of hydrogen-bond acceptors (Lipinski definition) is 3. The summed E-state index contributed by atoms with van der Waals surface area (Å²) in [6.45, 7) is 5.65. The Labute approximate surface area is 147 Å². The predicted molar refractivity (Wildman–Crippen MR) is 96.8 cm³/mol. The standard InChI is InChI=1S/C19H26N4O2/c1-3-6-18(24)22-11-9-15(10-12-22)13-17-20-21-19(25)23(17)16-8-5-4-7-14(16)2/h4-5,7-8,15H,3,6,9-13H2,1-2H3,(H,21,25). The number of para-hydroxylation sites is 1. The molecule has 0 saturated carbocycles. The van der Waals surface area contributed by atoms with Gasteiger partial charge in [-0.15, -0.1) is 0 Å². The Bertz CT molecular complexity index is 785. The first-order chi connectivity index (χ1) is 12.1. The molecule has 1 saturated heterocycles. The number of benzene rings is 1. The summed E-state index contributed by atoms with van der Waals surface area (Å²) in [5.74, 6) is 1.49. The summed E-state index contributed by atoms with van der Waals surface area (Å²) in [7, 11) is 0. The molecule has 0 bridgehead atoms. The lowest BCUT2D eigenvalue weighted by Crippen LogP contribution is -2.39. The van der Waals surface area contributed by atoms with E-state index in [-0.39, 0.29) is 11.6 Å². The summed E-state index contributed by atoms with van der Waals surface area (Å²) in [6.07, 6.45) is 4.21. The number of hydrogen-bond donors (Lipinski definition) is 1. The third-order valence-corrected chi connectivity index (χ3v) is 5.00. The molecule has 0 atom stereocenters. The average molecular weight is 342 g/mol. The van der Waals surface area contributed by atoms with Crippen molar-refractivity contribution in [2.75, 3.05) is 13.1 Å². The maximum Gasteiger partial charge on any atom is 0.347 e. The minimum absolute atomic E-state index is 0.195. The van der Waals surface area contributed by atoms with Crippen LogP contribution >= 0.6 is 0 Å². The van der Waals surface area contributed by atoms with Gasteiger partial charge in [0.2, 0.25) is 5.91 Å². The second-order valence-corrected chi connectivity index (χ2v) is 6.85. The number of nitrogens with zero attached hydrogens (tertiary/aromatic N) is 3. The number of carbonyl (C=O) groups is 1. The molecule has 3 rings (SSSR count). The minimum Gasteiger partial charge on any atom is -0.343 e. The number of rotatable bonds is 5. The van der Waals surface area contributed by atoms with Crippen molar-refractivity contribution >= 4 is 5.91 Å². The van der Waals surface area contributed by atoms with Crippen LogP contribution in [0.4, 0.5) is 0 Å². The van der Waals surface area contributed by atoms with E-state index in [4.69, 9.17) is 0 Å². The third kappa shape index (κ3) is 3.83. The highest BCUT2D eigenvalue weighted by atomic mass is 16.2. The molecule has 25 heavy (non-hydrogen) atoms. The molecule has 1 aromatic heterocycles. The Morgan fingerprint density at radius 1 is 1.28 bits per heavy atom. The van der Waals surface area contributed by atoms with E-state index in [0.29, 0.717) is 12.3 Å². The molecule has 2 heterocycles. The molecule has 134 valence electrons. The Balaban J connectivity index is 1.71. The minimum atomic E-state index is -0.195. The second kappa shape index (κ2) is 7.68. The Kier molecular flexibility index (Phi) is 5.36. The fraction of sp³-hybridized carbons (Fsp3) is 0.526. The molecule has 1 aromatic carbocycles. The zero-order valence-corrected chi connectivity index (χ0v) is 15.0. The van der Waals surface area contributed by atoms with E-state index in [9.17, 15) is 9.59 Å². The molecule has 0 radical (unpaired) electrons. The van der Waals surface area contributed by atoms with Crippen molar-refractivity contribution in [2.45, 2.75) is 46.0 Å². The van der Waals surface area contributed by atoms with Crippen LogP contribution < -0.4 is 5.69 Å². The van der Waals surface area contributed by atoms with Crippen LogP contribution in [-0.2, 0) is 11.2 Å². The van der Waals surface area contributed by atoms with Crippen LogP contribution in [0, 0.1) is 12.8 Å². The van der Waals surface area contributed by atoms with Crippen molar-refractivity contribution in [3.63, 3.8) is 0 Å². The molecule has 1 aliphatic heterocycles. The van der Waals surface area contributed by atoms with E-state index in [2.05, 4.69) is 10.2 Å². The fourth-order valence-corrected chi connectivity index (χ4v) is 3.55. The summed E-state index contributed by atoms with van der Waals surface area (Å²) in [4.78, 5) is 26.2. The zero-order chi connectivity index (χ0) is 17.8. The quantitative estimate of drug-likeness (QED) is 0.907. The number of nitrogens with one attached hydrogen (secondary N) is 1. The van der Waals surface area contributed by atoms with E-state index < -0.39 is 0 Å². The highest BCUT2D eigenvalue weighted by Crippen LogP contribution is 2.22. The number of piperidine rings is 1. The van der Waals surface area contributed by atoms with Crippen molar-refractivity contribution in [1.29, 1.82) is 0 Å². The number of aromatic amines is 1. The number of H-pyrrole nitrogens is 1. The van der Waals surface area contributed by atoms with Crippen LogP contribution in [0.5, 0.6) is 0 Å². The third-order valence-electron chi connectivity index (χ3n) is 5.00. The maximum absolute atomic E-state index is 12.2. The van der Waals surface area contributed by atoms with Gasteiger partial charge in [-0.05, 0) is 43.7 Å². The SMILES string of the molecule is CCCC(=O)N1CCC(Cc2n[nH]c(=O)n2-c2ccccc2C)CC1. The molecule has 2 aromatic rings. The summed E-state index contributed by atoms with van der Waals surface area (Å²) >= 11 is 0. The van der Waals surface area contributed by atoms with Gasteiger partial charge >= 0.3 is 5.69 Å². The number of amides is 1. The van der Waals surface area contributed by atoms with E-state index in [0.717, 1.165) is 55.8 Å². The van der Waals surface area contributed by atoms with E-state index in [1.54, 1.807) is 4.57 Å². The molecule has 0 spiro atoms. The van der Waals surface area contributed by atoms with Gasteiger partial charge in [-0.3, -0.25) is 4.79 Å². The Morgan fingerprint density at radius 2 is 2.00 bits per heavy atom. The van der Waals surface area contributed by atoms with Gasteiger partial charge in [0.1, 0.15) is 5.82 Å². The molecule has 6 heteroatoms. The molecule has 1 fully saturated rings. The highest BCUT2D eigenvalue weighted by Gasteiger charge is 2.24. The summed E-state index contributed by atoms with van der Waals surface area (Å²) in [5, 5.41) is 6.84. The number of likely N-dealkylation sites (tertiary alicyclic amines) is 1. The lowest BCUT2D eigenvalue weighted by Gasteiger charge is -2.32. The summed E-state index contributed by atoms with van der Waals surface area (Å²) < 4.78 is 1.68. The van der Waals surface area contributed by atoms with Crippen LogP contribution in [0.1, 0.15) is 44.0 Å².